The lowest BCUT2D eigenvalue weighted by Crippen LogP contribution is -1.97. The Morgan fingerprint density at radius 2 is 2.27 bits per heavy atom. The van der Waals surface area contributed by atoms with Crippen molar-refractivity contribution in [1.82, 2.24) is 20.2 Å². The Labute approximate surface area is 134 Å². The summed E-state index contributed by atoms with van der Waals surface area (Å²) in [4.78, 5) is 7.87. The number of halogens is 1. The summed E-state index contributed by atoms with van der Waals surface area (Å²) in [5.74, 6) is 0.411. The van der Waals surface area contributed by atoms with Gasteiger partial charge in [0, 0.05) is 0 Å². The molecule has 0 spiro atoms. The van der Waals surface area contributed by atoms with Gasteiger partial charge in [-0.15, -0.1) is 10.2 Å². The third kappa shape index (κ3) is 3.42. The van der Waals surface area contributed by atoms with Gasteiger partial charge in [-0.05, 0) is 30.3 Å². The van der Waals surface area contributed by atoms with Crippen LogP contribution in [-0.2, 0) is 13.0 Å². The highest BCUT2D eigenvalue weighted by Crippen LogP contribution is 2.32. The smallest absolute Gasteiger partial charge is 0.206 e. The van der Waals surface area contributed by atoms with Gasteiger partial charge in [-0.25, -0.2) is 14.4 Å². The second kappa shape index (κ2) is 6.84. The third-order valence-corrected chi connectivity index (χ3v) is 4.66. The van der Waals surface area contributed by atoms with Crippen LogP contribution >= 0.6 is 23.1 Å². The van der Waals surface area contributed by atoms with Crippen molar-refractivity contribution in [2.45, 2.75) is 29.3 Å². The van der Waals surface area contributed by atoms with Crippen LogP contribution in [0, 0.1) is 5.82 Å². The van der Waals surface area contributed by atoms with Crippen LogP contribution in [0.1, 0.15) is 18.4 Å². The second-order valence-electron chi connectivity index (χ2n) is 4.20. The molecule has 3 aromatic rings. The molecule has 0 bridgehead atoms. The lowest BCUT2D eigenvalue weighted by Gasteiger charge is -2.01. The van der Waals surface area contributed by atoms with Crippen molar-refractivity contribution < 1.29 is 8.81 Å². The second-order valence-corrected chi connectivity index (χ2v) is 6.41. The Bertz CT molecular complexity index is 747. The number of anilines is 1. The molecule has 0 saturated carbocycles. The topological polar surface area (TPSA) is 76.7 Å². The van der Waals surface area contributed by atoms with E-state index in [1.165, 1.54) is 17.7 Å². The molecule has 22 heavy (non-hydrogen) atoms. The van der Waals surface area contributed by atoms with Gasteiger partial charge in [-0.3, -0.25) is 0 Å². The zero-order valence-electron chi connectivity index (χ0n) is 11.6. The average Bonchev–Trinajstić information content (AvgIpc) is 3.19. The van der Waals surface area contributed by atoms with Crippen LogP contribution in [0.15, 0.2) is 38.5 Å². The molecule has 0 aliphatic rings. The SMILES string of the molecule is CCc1ncnc(Sc2nnc(NCc3ccco3)s2)c1F. The van der Waals surface area contributed by atoms with Crippen LogP contribution in [0.3, 0.4) is 0 Å². The standard InChI is InChI=1S/C13H12FN5OS2/c1-2-9-10(14)11(17-7-16-9)21-13-19-18-12(22-13)15-6-8-4-3-5-20-8/h3-5,7H,2,6H2,1H3,(H,15,18). The fourth-order valence-corrected chi connectivity index (χ4v) is 3.35. The number of nitrogens with one attached hydrogen (secondary N) is 1. The Morgan fingerprint density at radius 3 is 3.05 bits per heavy atom. The summed E-state index contributed by atoms with van der Waals surface area (Å²) < 4.78 is 19.9. The molecule has 0 saturated heterocycles. The Hall–Kier alpha value is -2.00. The summed E-state index contributed by atoms with van der Waals surface area (Å²) >= 11 is 2.48. The number of aryl methyl sites for hydroxylation is 1. The van der Waals surface area contributed by atoms with Crippen LogP contribution < -0.4 is 5.32 Å². The lowest BCUT2D eigenvalue weighted by molar-refractivity contribution is 0.518. The van der Waals surface area contributed by atoms with Gasteiger partial charge in [0.15, 0.2) is 10.2 Å². The van der Waals surface area contributed by atoms with Gasteiger partial charge in [-0.2, -0.15) is 0 Å². The van der Waals surface area contributed by atoms with E-state index in [-0.39, 0.29) is 5.03 Å². The fraction of sp³-hybridized carbons (Fsp3) is 0.231. The lowest BCUT2D eigenvalue weighted by atomic mass is 10.3. The summed E-state index contributed by atoms with van der Waals surface area (Å²) in [5, 5.41) is 12.0. The van der Waals surface area contributed by atoms with Gasteiger partial charge < -0.3 is 9.73 Å². The Balaban J connectivity index is 1.66. The predicted octanol–water partition coefficient (Wildman–Crippen LogP) is 3.39. The van der Waals surface area contributed by atoms with Gasteiger partial charge >= 0.3 is 0 Å². The molecule has 0 aliphatic heterocycles. The van der Waals surface area contributed by atoms with Crippen molar-refractivity contribution in [3.63, 3.8) is 0 Å². The van der Waals surface area contributed by atoms with Crippen molar-refractivity contribution in [2.24, 2.45) is 0 Å². The first-order chi connectivity index (χ1) is 10.8. The normalized spacial score (nSPS) is 10.8. The maximum absolute atomic E-state index is 14.1. The van der Waals surface area contributed by atoms with Crippen LogP contribution in [0.25, 0.3) is 0 Å². The molecule has 3 heterocycles. The maximum atomic E-state index is 14.1. The zero-order valence-corrected chi connectivity index (χ0v) is 13.2. The fourth-order valence-electron chi connectivity index (χ4n) is 1.69. The molecule has 0 unspecified atom stereocenters. The van der Waals surface area contributed by atoms with Gasteiger partial charge in [0.25, 0.3) is 0 Å². The Morgan fingerprint density at radius 1 is 1.36 bits per heavy atom. The van der Waals surface area contributed by atoms with Gasteiger partial charge in [0.2, 0.25) is 5.13 Å². The number of aromatic nitrogens is 4. The number of rotatable bonds is 6. The number of hydrogen-bond acceptors (Lipinski definition) is 8. The molecule has 114 valence electrons. The van der Waals surface area contributed by atoms with E-state index in [1.807, 2.05) is 19.1 Å². The predicted molar refractivity (Wildman–Crippen MR) is 81.4 cm³/mol. The van der Waals surface area contributed by atoms with E-state index in [0.29, 0.717) is 28.1 Å². The average molecular weight is 337 g/mol. The van der Waals surface area contributed by atoms with Crippen molar-refractivity contribution in [1.29, 1.82) is 0 Å². The molecule has 0 amide bonds. The quantitative estimate of drug-likeness (QED) is 0.691. The minimum Gasteiger partial charge on any atom is -0.467 e. The molecular weight excluding hydrogens is 325 g/mol. The number of nitrogens with zero attached hydrogens (tertiary/aromatic N) is 4. The number of hydrogen-bond donors (Lipinski definition) is 1. The van der Waals surface area contributed by atoms with Crippen LogP contribution in [-0.4, -0.2) is 20.2 Å². The van der Waals surface area contributed by atoms with Crippen molar-refractivity contribution in [3.8, 4) is 0 Å². The Kier molecular flexibility index (Phi) is 4.64. The summed E-state index contributed by atoms with van der Waals surface area (Å²) in [5.41, 5.74) is 0.401. The minimum absolute atomic E-state index is 0.264. The molecule has 9 heteroatoms. The van der Waals surface area contributed by atoms with Crippen molar-refractivity contribution in [2.75, 3.05) is 5.32 Å². The summed E-state index contributed by atoms with van der Waals surface area (Å²) in [6, 6.07) is 3.69. The first-order valence-electron chi connectivity index (χ1n) is 6.53. The van der Waals surface area contributed by atoms with Gasteiger partial charge in [0.1, 0.15) is 17.1 Å². The van der Waals surface area contributed by atoms with E-state index in [4.69, 9.17) is 4.42 Å². The van der Waals surface area contributed by atoms with E-state index < -0.39 is 5.82 Å². The first kappa shape index (κ1) is 14.9. The van der Waals surface area contributed by atoms with Crippen LogP contribution in [0.2, 0.25) is 0 Å². The molecule has 3 rings (SSSR count). The van der Waals surface area contributed by atoms with Gasteiger partial charge in [-0.1, -0.05) is 18.3 Å². The number of furan rings is 1. The van der Waals surface area contributed by atoms with Crippen molar-refractivity contribution >= 4 is 28.2 Å². The molecule has 0 aromatic carbocycles. The summed E-state index contributed by atoms with van der Waals surface area (Å²) in [6.45, 7) is 2.37. The molecule has 3 aromatic heterocycles. The highest BCUT2D eigenvalue weighted by Gasteiger charge is 2.14. The molecule has 0 fully saturated rings. The highest BCUT2D eigenvalue weighted by atomic mass is 32.2. The van der Waals surface area contributed by atoms with Crippen LogP contribution in [0.4, 0.5) is 9.52 Å². The maximum Gasteiger partial charge on any atom is 0.206 e. The van der Waals surface area contributed by atoms with Gasteiger partial charge in [0.05, 0.1) is 18.5 Å². The van der Waals surface area contributed by atoms with E-state index in [0.717, 1.165) is 17.5 Å². The molecule has 6 nitrogen and oxygen atoms in total. The molecule has 1 N–H and O–H groups in total. The van der Waals surface area contributed by atoms with E-state index >= 15 is 0 Å². The van der Waals surface area contributed by atoms with E-state index in [9.17, 15) is 4.39 Å². The largest absolute Gasteiger partial charge is 0.467 e. The van der Waals surface area contributed by atoms with E-state index in [2.05, 4.69) is 25.5 Å². The zero-order chi connectivity index (χ0) is 15.4. The molecular formula is C13H12FN5OS2. The highest BCUT2D eigenvalue weighted by molar-refractivity contribution is 8.01. The van der Waals surface area contributed by atoms with E-state index in [1.54, 1.807) is 6.26 Å². The molecule has 0 radical (unpaired) electrons. The summed E-state index contributed by atoms with van der Waals surface area (Å²) in [6.07, 6.45) is 3.50. The molecule has 0 atom stereocenters. The molecule has 0 aliphatic carbocycles. The van der Waals surface area contributed by atoms with Crippen LogP contribution in [0.5, 0.6) is 0 Å². The van der Waals surface area contributed by atoms with Crippen molar-refractivity contribution in [3.05, 3.63) is 42.0 Å². The summed E-state index contributed by atoms with van der Waals surface area (Å²) in [7, 11) is 0. The minimum atomic E-state index is -0.393. The monoisotopic (exact) mass is 337 g/mol. The first-order valence-corrected chi connectivity index (χ1v) is 8.16. The third-order valence-electron chi connectivity index (χ3n) is 2.75.